The summed E-state index contributed by atoms with van der Waals surface area (Å²) in [4.78, 5) is 0. The van der Waals surface area contributed by atoms with Crippen LogP contribution in [0, 0.1) is 6.92 Å². The molecule has 0 amide bonds. The Hall–Kier alpha value is -2.10. The van der Waals surface area contributed by atoms with Crippen LogP contribution in [-0.4, -0.2) is 22.4 Å². The van der Waals surface area contributed by atoms with Crippen LogP contribution in [-0.2, 0) is 0 Å². The Morgan fingerprint density at radius 2 is 1.94 bits per heavy atom. The third kappa shape index (κ3) is 1.82. The Morgan fingerprint density at radius 3 is 2.56 bits per heavy atom. The van der Waals surface area contributed by atoms with Crippen molar-refractivity contribution in [1.82, 2.24) is 10.2 Å². The lowest BCUT2D eigenvalue weighted by atomic mass is 10.1. The summed E-state index contributed by atoms with van der Waals surface area (Å²) in [7, 11) is 1.80. The molecule has 82 valence electrons. The van der Waals surface area contributed by atoms with Crippen LogP contribution in [0.1, 0.15) is 5.56 Å². The molecule has 4 heteroatoms. The van der Waals surface area contributed by atoms with E-state index in [1.807, 2.05) is 25.1 Å². The smallest absolute Gasteiger partial charge is 0.151 e. The summed E-state index contributed by atoms with van der Waals surface area (Å²) >= 11 is 0. The Kier molecular flexibility index (Phi) is 2.72. The molecule has 0 radical (unpaired) electrons. The Labute approximate surface area is 94.0 Å². The highest BCUT2D eigenvalue weighted by molar-refractivity contribution is 5.67. The van der Waals surface area contributed by atoms with E-state index in [9.17, 15) is 5.11 Å². The number of phenolic OH excluding ortho intramolecular Hbond substituents is 1. The lowest BCUT2D eigenvalue weighted by Gasteiger charge is -2.06. The molecule has 0 aliphatic rings. The van der Waals surface area contributed by atoms with Gasteiger partial charge in [-0.3, -0.25) is 0 Å². The molecule has 0 saturated heterocycles. The predicted molar refractivity (Wildman–Crippen MR) is 63.4 cm³/mol. The second-order valence-corrected chi connectivity index (χ2v) is 3.53. The summed E-state index contributed by atoms with van der Waals surface area (Å²) in [5.41, 5.74) is 2.37. The van der Waals surface area contributed by atoms with Gasteiger partial charge in [0.1, 0.15) is 5.75 Å². The average Bonchev–Trinajstić information content (AvgIpc) is 2.29. The summed E-state index contributed by atoms with van der Waals surface area (Å²) in [6.45, 7) is 1.95. The summed E-state index contributed by atoms with van der Waals surface area (Å²) in [6.07, 6.45) is 0. The van der Waals surface area contributed by atoms with Crippen LogP contribution in [0.25, 0.3) is 11.3 Å². The van der Waals surface area contributed by atoms with Gasteiger partial charge in [0, 0.05) is 12.6 Å². The number of phenols is 1. The molecular weight excluding hydrogens is 202 g/mol. The fourth-order valence-corrected chi connectivity index (χ4v) is 1.55. The van der Waals surface area contributed by atoms with Gasteiger partial charge in [-0.05, 0) is 30.7 Å². The maximum Gasteiger partial charge on any atom is 0.151 e. The van der Waals surface area contributed by atoms with Crippen molar-refractivity contribution in [2.45, 2.75) is 6.92 Å². The Morgan fingerprint density at radius 1 is 1.19 bits per heavy atom. The first-order chi connectivity index (χ1) is 7.72. The zero-order chi connectivity index (χ0) is 11.5. The van der Waals surface area contributed by atoms with E-state index in [2.05, 4.69) is 15.5 Å². The van der Waals surface area contributed by atoms with E-state index in [0.717, 1.165) is 11.4 Å². The van der Waals surface area contributed by atoms with Crippen molar-refractivity contribution in [3.05, 3.63) is 35.9 Å². The van der Waals surface area contributed by atoms with Gasteiger partial charge in [0.2, 0.25) is 0 Å². The monoisotopic (exact) mass is 215 g/mol. The molecule has 2 N–H and O–H groups in total. The zero-order valence-electron chi connectivity index (χ0n) is 9.23. The molecule has 0 unspecified atom stereocenters. The lowest BCUT2D eigenvalue weighted by Crippen LogP contribution is -1.99. The number of nitrogens with one attached hydrogen (secondary N) is 1. The number of aromatic hydroxyl groups is 1. The molecule has 2 aromatic rings. The van der Waals surface area contributed by atoms with Crippen molar-refractivity contribution >= 4 is 5.82 Å². The molecule has 0 spiro atoms. The van der Waals surface area contributed by atoms with Gasteiger partial charge < -0.3 is 10.4 Å². The van der Waals surface area contributed by atoms with Gasteiger partial charge in [0.15, 0.2) is 5.82 Å². The molecule has 16 heavy (non-hydrogen) atoms. The van der Waals surface area contributed by atoms with Crippen molar-refractivity contribution in [3.8, 4) is 17.0 Å². The molecular formula is C12H13N3O. The number of benzene rings is 1. The van der Waals surface area contributed by atoms with Crippen molar-refractivity contribution in [2.75, 3.05) is 12.4 Å². The van der Waals surface area contributed by atoms with Gasteiger partial charge in [-0.25, -0.2) is 0 Å². The number of anilines is 1. The van der Waals surface area contributed by atoms with E-state index in [4.69, 9.17) is 0 Å². The first-order valence-corrected chi connectivity index (χ1v) is 5.03. The molecule has 1 heterocycles. The van der Waals surface area contributed by atoms with Crippen molar-refractivity contribution in [1.29, 1.82) is 0 Å². The molecule has 2 rings (SSSR count). The van der Waals surface area contributed by atoms with Gasteiger partial charge in [0.05, 0.1) is 5.69 Å². The quantitative estimate of drug-likeness (QED) is 0.806. The Balaban J connectivity index is 2.50. The highest BCUT2D eigenvalue weighted by atomic mass is 16.3. The largest absolute Gasteiger partial charge is 0.507 e. The fraction of sp³-hybridized carbons (Fsp3) is 0.167. The SMILES string of the molecule is CNc1nnc(-c2ccccc2O)cc1C. The van der Waals surface area contributed by atoms with Gasteiger partial charge >= 0.3 is 0 Å². The van der Waals surface area contributed by atoms with Crippen LogP contribution in [0.4, 0.5) is 5.82 Å². The summed E-state index contributed by atoms with van der Waals surface area (Å²) < 4.78 is 0. The molecule has 0 aliphatic carbocycles. The summed E-state index contributed by atoms with van der Waals surface area (Å²) in [5.74, 6) is 0.965. The summed E-state index contributed by atoms with van der Waals surface area (Å²) in [6, 6.07) is 8.99. The molecule has 1 aromatic heterocycles. The number of aromatic nitrogens is 2. The predicted octanol–water partition coefficient (Wildman–Crippen LogP) is 2.20. The van der Waals surface area contributed by atoms with Crippen LogP contribution >= 0.6 is 0 Å². The van der Waals surface area contributed by atoms with Crippen LogP contribution in [0.3, 0.4) is 0 Å². The number of nitrogens with zero attached hydrogens (tertiary/aromatic N) is 2. The second kappa shape index (κ2) is 4.18. The van der Waals surface area contributed by atoms with E-state index >= 15 is 0 Å². The molecule has 0 saturated carbocycles. The maximum atomic E-state index is 9.70. The first kappa shape index (κ1) is 10.4. The van der Waals surface area contributed by atoms with Crippen molar-refractivity contribution in [3.63, 3.8) is 0 Å². The summed E-state index contributed by atoms with van der Waals surface area (Å²) in [5, 5.41) is 20.8. The third-order valence-corrected chi connectivity index (χ3v) is 2.40. The average molecular weight is 215 g/mol. The van der Waals surface area contributed by atoms with Gasteiger partial charge in [-0.1, -0.05) is 12.1 Å². The van der Waals surface area contributed by atoms with Gasteiger partial charge in [-0.2, -0.15) is 0 Å². The topological polar surface area (TPSA) is 58.0 Å². The van der Waals surface area contributed by atoms with E-state index in [1.165, 1.54) is 0 Å². The minimum atomic E-state index is 0.216. The molecule has 0 bridgehead atoms. The first-order valence-electron chi connectivity index (χ1n) is 5.03. The number of hydrogen-bond acceptors (Lipinski definition) is 4. The van der Waals surface area contributed by atoms with E-state index < -0.39 is 0 Å². The minimum Gasteiger partial charge on any atom is -0.507 e. The van der Waals surface area contributed by atoms with E-state index in [-0.39, 0.29) is 5.75 Å². The van der Waals surface area contributed by atoms with E-state index in [0.29, 0.717) is 11.3 Å². The molecule has 0 atom stereocenters. The molecule has 0 fully saturated rings. The zero-order valence-corrected chi connectivity index (χ0v) is 9.23. The highest BCUT2D eigenvalue weighted by Crippen LogP contribution is 2.27. The highest BCUT2D eigenvalue weighted by Gasteiger charge is 2.07. The normalized spacial score (nSPS) is 10.1. The third-order valence-electron chi connectivity index (χ3n) is 2.40. The molecule has 0 aliphatic heterocycles. The van der Waals surface area contributed by atoms with Crippen LogP contribution < -0.4 is 5.32 Å². The molecule has 1 aromatic carbocycles. The number of aryl methyl sites for hydroxylation is 1. The Bertz CT molecular complexity index is 511. The number of para-hydroxylation sites is 1. The number of hydrogen-bond donors (Lipinski definition) is 2. The fourth-order valence-electron chi connectivity index (χ4n) is 1.55. The number of rotatable bonds is 2. The maximum absolute atomic E-state index is 9.70. The molecule has 4 nitrogen and oxygen atoms in total. The van der Waals surface area contributed by atoms with Gasteiger partial charge in [-0.15, -0.1) is 10.2 Å². The van der Waals surface area contributed by atoms with Gasteiger partial charge in [0.25, 0.3) is 0 Å². The second-order valence-electron chi connectivity index (χ2n) is 3.53. The van der Waals surface area contributed by atoms with Crippen molar-refractivity contribution in [2.24, 2.45) is 0 Å². The van der Waals surface area contributed by atoms with E-state index in [1.54, 1.807) is 19.2 Å². The van der Waals surface area contributed by atoms with Crippen molar-refractivity contribution < 1.29 is 5.11 Å². The van der Waals surface area contributed by atoms with Crippen LogP contribution in [0.2, 0.25) is 0 Å². The van der Waals surface area contributed by atoms with Crippen LogP contribution in [0.15, 0.2) is 30.3 Å². The standard InChI is InChI=1S/C12H13N3O/c1-8-7-10(14-15-12(8)13-2)9-5-3-4-6-11(9)16/h3-7,16H,1-2H3,(H,13,15). The minimum absolute atomic E-state index is 0.216. The lowest BCUT2D eigenvalue weighted by molar-refractivity contribution is 0.477. The van der Waals surface area contributed by atoms with Crippen LogP contribution in [0.5, 0.6) is 5.75 Å².